The number of hydrogen-bond donors (Lipinski definition) is 2. The van der Waals surface area contributed by atoms with E-state index < -0.39 is 0 Å². The van der Waals surface area contributed by atoms with E-state index in [1.807, 2.05) is 11.3 Å². The molecule has 1 saturated heterocycles. The molecule has 1 aliphatic rings. The Balaban J connectivity index is 0.000000659. The van der Waals surface area contributed by atoms with Gasteiger partial charge in [0.2, 0.25) is 0 Å². The smallest absolute Gasteiger partial charge is 0.290 e. The van der Waals surface area contributed by atoms with E-state index in [9.17, 15) is 0 Å². The summed E-state index contributed by atoms with van der Waals surface area (Å²) in [6.45, 7) is 10.6. The fourth-order valence-electron chi connectivity index (χ4n) is 3.38. The van der Waals surface area contributed by atoms with E-state index in [4.69, 9.17) is 14.9 Å². The topological polar surface area (TPSA) is 72.5 Å². The molecule has 0 radical (unpaired) electrons. The number of H-pyrrole nitrogens is 1. The van der Waals surface area contributed by atoms with Gasteiger partial charge >= 0.3 is 0 Å². The number of aryl methyl sites for hydroxylation is 2. The number of carbonyl (C=O) groups is 1. The fourth-order valence-corrected chi connectivity index (χ4v) is 4.13. The van der Waals surface area contributed by atoms with Gasteiger partial charge in [-0.1, -0.05) is 12.1 Å². The molecular weight excluding hydrogens is 360 g/mol. The molecule has 0 amide bonds. The van der Waals surface area contributed by atoms with Crippen LogP contribution < -0.4 is 0 Å². The van der Waals surface area contributed by atoms with Gasteiger partial charge in [-0.25, -0.2) is 4.98 Å². The Labute approximate surface area is 163 Å². The number of fused-ring (bicyclic) bond motifs is 1. The monoisotopic (exact) mass is 386 g/mol. The van der Waals surface area contributed by atoms with Crippen LogP contribution in [0.2, 0.25) is 0 Å². The number of nitrogens with one attached hydrogen (secondary N) is 1. The van der Waals surface area contributed by atoms with Crippen molar-refractivity contribution in [2.45, 2.75) is 26.9 Å². The Kier molecular flexibility index (Phi) is 6.60. The summed E-state index contributed by atoms with van der Waals surface area (Å²) in [5.74, 6) is 1.09. The second-order valence-electron chi connectivity index (χ2n) is 6.82. The zero-order valence-corrected chi connectivity index (χ0v) is 16.6. The van der Waals surface area contributed by atoms with Crippen molar-refractivity contribution < 1.29 is 9.90 Å². The molecule has 0 spiro atoms. The highest BCUT2D eigenvalue weighted by Gasteiger charge is 2.18. The summed E-state index contributed by atoms with van der Waals surface area (Å²) in [6.07, 6.45) is 0. The van der Waals surface area contributed by atoms with Crippen LogP contribution in [0.5, 0.6) is 0 Å². The molecule has 0 bridgehead atoms. The number of aromatic nitrogens is 2. The quantitative estimate of drug-likeness (QED) is 0.674. The van der Waals surface area contributed by atoms with Crippen LogP contribution in [-0.2, 0) is 17.9 Å². The minimum Gasteiger partial charge on any atom is -0.483 e. The number of benzene rings is 1. The van der Waals surface area contributed by atoms with Crippen LogP contribution >= 0.6 is 11.3 Å². The predicted molar refractivity (Wildman–Crippen MR) is 109 cm³/mol. The van der Waals surface area contributed by atoms with Crippen LogP contribution in [0.25, 0.3) is 11.0 Å². The minimum atomic E-state index is -0.250. The van der Waals surface area contributed by atoms with Crippen molar-refractivity contribution in [2.24, 2.45) is 0 Å². The fraction of sp³-hybridized carbons (Fsp3) is 0.400. The van der Waals surface area contributed by atoms with Gasteiger partial charge in [0.1, 0.15) is 5.82 Å². The summed E-state index contributed by atoms with van der Waals surface area (Å²) in [5.41, 5.74) is 4.88. The molecule has 144 valence electrons. The number of hydrogen-bond acceptors (Lipinski definition) is 5. The molecule has 0 atom stereocenters. The molecule has 4 rings (SSSR count). The molecule has 3 aromatic rings. The van der Waals surface area contributed by atoms with Gasteiger partial charge in [-0.3, -0.25) is 14.6 Å². The first-order valence-electron chi connectivity index (χ1n) is 9.10. The summed E-state index contributed by atoms with van der Waals surface area (Å²) < 4.78 is 0. The molecule has 3 heterocycles. The predicted octanol–water partition coefficient (Wildman–Crippen LogP) is 3.26. The molecule has 0 unspecified atom stereocenters. The van der Waals surface area contributed by atoms with E-state index in [1.54, 1.807) is 0 Å². The van der Waals surface area contributed by atoms with Crippen LogP contribution in [0.1, 0.15) is 21.8 Å². The van der Waals surface area contributed by atoms with Gasteiger partial charge in [-0.2, -0.15) is 0 Å². The van der Waals surface area contributed by atoms with Crippen molar-refractivity contribution in [1.29, 1.82) is 0 Å². The van der Waals surface area contributed by atoms with Gasteiger partial charge in [0, 0.05) is 37.6 Å². The number of imidazole rings is 1. The molecule has 1 fully saturated rings. The Morgan fingerprint density at radius 3 is 2.44 bits per heavy atom. The third-order valence-corrected chi connectivity index (χ3v) is 5.89. The number of carboxylic acid groups (broad SMARTS) is 1. The highest BCUT2D eigenvalue weighted by Crippen LogP contribution is 2.20. The average Bonchev–Trinajstić information content (AvgIpc) is 3.31. The lowest BCUT2D eigenvalue weighted by molar-refractivity contribution is -0.122. The van der Waals surface area contributed by atoms with Gasteiger partial charge in [0.05, 0.1) is 17.6 Å². The third kappa shape index (κ3) is 4.94. The van der Waals surface area contributed by atoms with Crippen molar-refractivity contribution >= 4 is 28.8 Å². The van der Waals surface area contributed by atoms with Gasteiger partial charge in [-0.15, -0.1) is 11.3 Å². The number of aromatic amines is 1. The normalized spacial score (nSPS) is 15.5. The maximum Gasteiger partial charge on any atom is 0.290 e. The Bertz CT molecular complexity index is 868. The van der Waals surface area contributed by atoms with Gasteiger partial charge in [0.25, 0.3) is 6.47 Å². The summed E-state index contributed by atoms with van der Waals surface area (Å²) >= 11 is 1.85. The van der Waals surface area contributed by atoms with E-state index in [2.05, 4.69) is 58.3 Å². The lowest BCUT2D eigenvalue weighted by atomic mass is 10.1. The first kappa shape index (κ1) is 19.5. The minimum absolute atomic E-state index is 0.250. The highest BCUT2D eigenvalue weighted by molar-refractivity contribution is 7.09. The average molecular weight is 387 g/mol. The molecular formula is C20H26N4O2S. The molecule has 1 aromatic carbocycles. The van der Waals surface area contributed by atoms with Crippen LogP contribution in [-0.4, -0.2) is 57.5 Å². The van der Waals surface area contributed by atoms with Crippen LogP contribution in [0.15, 0.2) is 29.6 Å². The van der Waals surface area contributed by atoms with Gasteiger partial charge < -0.3 is 10.1 Å². The van der Waals surface area contributed by atoms with E-state index in [0.717, 1.165) is 56.1 Å². The second-order valence-corrected chi connectivity index (χ2v) is 7.86. The highest BCUT2D eigenvalue weighted by atomic mass is 32.1. The summed E-state index contributed by atoms with van der Waals surface area (Å²) in [7, 11) is 0. The molecule has 6 nitrogen and oxygen atoms in total. The van der Waals surface area contributed by atoms with E-state index in [0.29, 0.717) is 0 Å². The molecule has 0 aliphatic carbocycles. The Hall–Kier alpha value is -2.22. The number of piperazine rings is 1. The summed E-state index contributed by atoms with van der Waals surface area (Å²) in [6, 6.07) is 8.69. The molecule has 0 saturated carbocycles. The lowest BCUT2D eigenvalue weighted by Gasteiger charge is -2.33. The lowest BCUT2D eigenvalue weighted by Crippen LogP contribution is -2.45. The molecule has 27 heavy (non-hydrogen) atoms. The molecule has 1 aliphatic heterocycles. The van der Waals surface area contributed by atoms with Crippen LogP contribution in [0.4, 0.5) is 0 Å². The maximum absolute atomic E-state index is 8.36. The van der Waals surface area contributed by atoms with Crippen molar-refractivity contribution in [1.82, 2.24) is 19.8 Å². The van der Waals surface area contributed by atoms with Gasteiger partial charge in [0.15, 0.2) is 0 Å². The first-order valence-corrected chi connectivity index (χ1v) is 9.98. The standard InChI is InChI=1S/C19H24N4S.CH2O2/c1-14-5-6-17-19(15(14)2)21-18(20-17)13-23-9-7-22(8-10-23)12-16-4-3-11-24-16;2-1-3/h3-6,11H,7-10,12-13H2,1-2H3,(H,20,21);1H,(H,2,3). The van der Waals surface area contributed by atoms with E-state index >= 15 is 0 Å². The largest absolute Gasteiger partial charge is 0.483 e. The van der Waals surface area contributed by atoms with E-state index in [-0.39, 0.29) is 6.47 Å². The van der Waals surface area contributed by atoms with Crippen molar-refractivity contribution in [3.05, 3.63) is 51.5 Å². The summed E-state index contributed by atoms with van der Waals surface area (Å²) in [4.78, 5) is 23.2. The second kappa shape index (κ2) is 9.12. The molecule has 2 N–H and O–H groups in total. The van der Waals surface area contributed by atoms with Crippen molar-refractivity contribution in [3.8, 4) is 0 Å². The SMILES string of the molecule is Cc1ccc2[nH]c(CN3CCN(Cc4cccs4)CC3)nc2c1C.O=CO. The first-order chi connectivity index (χ1) is 13.1. The molecule has 2 aromatic heterocycles. The number of rotatable bonds is 4. The zero-order chi connectivity index (χ0) is 19.2. The third-order valence-electron chi connectivity index (χ3n) is 5.03. The molecule has 7 heteroatoms. The Morgan fingerprint density at radius 2 is 1.81 bits per heavy atom. The van der Waals surface area contributed by atoms with E-state index in [1.165, 1.54) is 16.0 Å². The number of nitrogens with zero attached hydrogens (tertiary/aromatic N) is 3. The van der Waals surface area contributed by atoms with Crippen molar-refractivity contribution in [2.75, 3.05) is 26.2 Å². The van der Waals surface area contributed by atoms with Crippen LogP contribution in [0.3, 0.4) is 0 Å². The maximum atomic E-state index is 8.36. The van der Waals surface area contributed by atoms with Crippen LogP contribution in [0, 0.1) is 13.8 Å². The zero-order valence-electron chi connectivity index (χ0n) is 15.8. The summed E-state index contributed by atoms with van der Waals surface area (Å²) in [5, 5.41) is 9.05. The number of thiophene rings is 1. The van der Waals surface area contributed by atoms with Crippen molar-refractivity contribution in [3.63, 3.8) is 0 Å². The van der Waals surface area contributed by atoms with Gasteiger partial charge in [-0.05, 0) is 42.5 Å². The Morgan fingerprint density at radius 1 is 1.15 bits per heavy atom.